The number of rotatable bonds is 6. The molecule has 130 valence electrons. The van der Waals surface area contributed by atoms with E-state index in [9.17, 15) is 0 Å². The summed E-state index contributed by atoms with van der Waals surface area (Å²) in [7, 11) is 0. The van der Waals surface area contributed by atoms with Crippen LogP contribution in [0.2, 0.25) is 5.02 Å². The fourth-order valence-corrected chi connectivity index (χ4v) is 2.99. The molecule has 3 aromatic rings. The molecule has 3 aromatic carbocycles. The maximum absolute atomic E-state index is 5.95. The standard InChI is InChI=1S/C23H20ClNS/c24-22-14-11-19(12-15-22)13-16-23(26)25(17-20-7-3-1-4-8-20)18-21-9-5-2-6-10-21/h1-16H,17-18H2/b16-13+. The Morgan fingerprint density at radius 1 is 0.769 bits per heavy atom. The average Bonchev–Trinajstić information content (AvgIpc) is 2.68. The number of halogens is 1. The van der Waals surface area contributed by atoms with Crippen LogP contribution in [0, 0.1) is 0 Å². The second-order valence-corrected chi connectivity index (χ2v) is 6.91. The molecule has 3 rings (SSSR count). The van der Waals surface area contributed by atoms with E-state index in [2.05, 4.69) is 53.4 Å². The largest absolute Gasteiger partial charge is 0.354 e. The van der Waals surface area contributed by atoms with Crippen LogP contribution in [0.3, 0.4) is 0 Å². The Hall–Kier alpha value is -2.42. The van der Waals surface area contributed by atoms with E-state index in [1.807, 2.05) is 48.6 Å². The van der Waals surface area contributed by atoms with Crippen LogP contribution in [0.5, 0.6) is 0 Å². The van der Waals surface area contributed by atoms with Gasteiger partial charge in [-0.3, -0.25) is 0 Å². The van der Waals surface area contributed by atoms with Gasteiger partial charge in [0.05, 0.1) is 0 Å². The van der Waals surface area contributed by atoms with E-state index < -0.39 is 0 Å². The topological polar surface area (TPSA) is 3.24 Å². The van der Waals surface area contributed by atoms with E-state index >= 15 is 0 Å². The van der Waals surface area contributed by atoms with Crippen LogP contribution in [-0.4, -0.2) is 9.89 Å². The first-order chi connectivity index (χ1) is 12.7. The summed E-state index contributed by atoms with van der Waals surface area (Å²) in [6, 6.07) is 28.6. The molecule has 0 amide bonds. The third-order valence-corrected chi connectivity index (χ3v) is 4.68. The van der Waals surface area contributed by atoms with E-state index in [4.69, 9.17) is 23.8 Å². The van der Waals surface area contributed by atoms with Gasteiger partial charge in [-0.1, -0.05) is 103 Å². The first-order valence-corrected chi connectivity index (χ1v) is 9.30. The zero-order valence-electron chi connectivity index (χ0n) is 14.4. The number of hydrogen-bond acceptors (Lipinski definition) is 1. The maximum atomic E-state index is 5.95. The van der Waals surface area contributed by atoms with Crippen molar-refractivity contribution >= 4 is 34.9 Å². The molecule has 0 saturated carbocycles. The normalized spacial score (nSPS) is 10.8. The molecule has 0 bridgehead atoms. The molecule has 0 unspecified atom stereocenters. The fraction of sp³-hybridized carbons (Fsp3) is 0.0870. The van der Waals surface area contributed by atoms with Gasteiger partial charge in [0, 0.05) is 18.1 Å². The molecule has 0 atom stereocenters. The van der Waals surface area contributed by atoms with Crippen molar-refractivity contribution in [3.63, 3.8) is 0 Å². The summed E-state index contributed by atoms with van der Waals surface area (Å²) in [5.41, 5.74) is 3.56. The highest BCUT2D eigenvalue weighted by Crippen LogP contribution is 2.14. The van der Waals surface area contributed by atoms with Gasteiger partial charge in [0.2, 0.25) is 0 Å². The maximum Gasteiger partial charge on any atom is 0.102 e. The van der Waals surface area contributed by atoms with Crippen molar-refractivity contribution in [1.82, 2.24) is 4.90 Å². The van der Waals surface area contributed by atoms with Gasteiger partial charge in [-0.05, 0) is 34.9 Å². The second-order valence-electron chi connectivity index (χ2n) is 6.05. The van der Waals surface area contributed by atoms with E-state index in [0.717, 1.165) is 28.7 Å². The molecule has 3 heteroatoms. The van der Waals surface area contributed by atoms with Crippen molar-refractivity contribution in [3.05, 3.63) is 113 Å². The zero-order chi connectivity index (χ0) is 18.2. The van der Waals surface area contributed by atoms with Crippen LogP contribution in [0.15, 0.2) is 91.0 Å². The highest BCUT2D eigenvalue weighted by atomic mass is 35.5. The Bertz CT molecular complexity index is 816. The Kier molecular flexibility index (Phi) is 6.59. The SMILES string of the molecule is S=C(/C=C/c1ccc(Cl)cc1)N(Cc1ccccc1)Cc1ccccc1. The molecule has 0 heterocycles. The highest BCUT2D eigenvalue weighted by molar-refractivity contribution is 7.80. The molecule has 0 saturated heterocycles. The van der Waals surface area contributed by atoms with Crippen molar-refractivity contribution in [3.8, 4) is 0 Å². The molecule has 0 fully saturated rings. The lowest BCUT2D eigenvalue weighted by Gasteiger charge is -2.24. The van der Waals surface area contributed by atoms with Gasteiger partial charge in [-0.25, -0.2) is 0 Å². The van der Waals surface area contributed by atoms with Crippen molar-refractivity contribution in [2.45, 2.75) is 13.1 Å². The minimum atomic E-state index is 0.736. The lowest BCUT2D eigenvalue weighted by Crippen LogP contribution is -2.27. The molecular formula is C23H20ClNS. The Morgan fingerprint density at radius 2 is 1.27 bits per heavy atom. The highest BCUT2D eigenvalue weighted by Gasteiger charge is 2.09. The third kappa shape index (κ3) is 5.55. The van der Waals surface area contributed by atoms with Gasteiger partial charge in [0.25, 0.3) is 0 Å². The van der Waals surface area contributed by atoms with Crippen LogP contribution in [0.25, 0.3) is 6.08 Å². The second kappa shape index (κ2) is 9.33. The lowest BCUT2D eigenvalue weighted by atomic mass is 10.1. The number of benzene rings is 3. The molecule has 1 nitrogen and oxygen atoms in total. The van der Waals surface area contributed by atoms with Gasteiger partial charge < -0.3 is 4.90 Å². The molecule has 0 spiro atoms. The van der Waals surface area contributed by atoms with E-state index in [1.54, 1.807) is 0 Å². The zero-order valence-corrected chi connectivity index (χ0v) is 16.0. The van der Waals surface area contributed by atoms with Crippen LogP contribution in [0.4, 0.5) is 0 Å². The Morgan fingerprint density at radius 3 is 1.77 bits per heavy atom. The Labute approximate surface area is 165 Å². The summed E-state index contributed by atoms with van der Waals surface area (Å²) in [5.74, 6) is 0. The predicted octanol–water partition coefficient (Wildman–Crippen LogP) is 6.38. The lowest BCUT2D eigenvalue weighted by molar-refractivity contribution is 0.416. The minimum absolute atomic E-state index is 0.736. The van der Waals surface area contributed by atoms with E-state index in [1.165, 1.54) is 11.1 Å². The molecule has 0 aliphatic carbocycles. The van der Waals surface area contributed by atoms with Crippen LogP contribution in [0.1, 0.15) is 16.7 Å². The van der Waals surface area contributed by atoms with Crippen molar-refractivity contribution in [1.29, 1.82) is 0 Å². The molecule has 0 aliphatic rings. The molecule has 0 radical (unpaired) electrons. The van der Waals surface area contributed by atoms with Crippen LogP contribution >= 0.6 is 23.8 Å². The van der Waals surface area contributed by atoms with Crippen molar-refractivity contribution < 1.29 is 0 Å². The molecule has 0 aliphatic heterocycles. The van der Waals surface area contributed by atoms with Gasteiger partial charge in [0.1, 0.15) is 4.99 Å². The number of nitrogens with zero attached hydrogens (tertiary/aromatic N) is 1. The van der Waals surface area contributed by atoms with Gasteiger partial charge in [-0.15, -0.1) is 0 Å². The molecule has 26 heavy (non-hydrogen) atoms. The quantitative estimate of drug-likeness (QED) is 0.362. The van der Waals surface area contributed by atoms with E-state index in [-0.39, 0.29) is 0 Å². The molecule has 0 N–H and O–H groups in total. The summed E-state index contributed by atoms with van der Waals surface area (Å²) in [5, 5.41) is 0.736. The average molecular weight is 378 g/mol. The Balaban J connectivity index is 1.76. The predicted molar refractivity (Wildman–Crippen MR) is 115 cm³/mol. The summed E-state index contributed by atoms with van der Waals surface area (Å²) < 4.78 is 0. The van der Waals surface area contributed by atoms with E-state index in [0.29, 0.717) is 0 Å². The molecule has 0 aromatic heterocycles. The van der Waals surface area contributed by atoms with Crippen molar-refractivity contribution in [2.75, 3.05) is 0 Å². The number of hydrogen-bond donors (Lipinski definition) is 0. The smallest absolute Gasteiger partial charge is 0.102 e. The van der Waals surface area contributed by atoms with Gasteiger partial charge in [0.15, 0.2) is 0 Å². The van der Waals surface area contributed by atoms with Gasteiger partial charge >= 0.3 is 0 Å². The first kappa shape index (κ1) is 18.4. The monoisotopic (exact) mass is 377 g/mol. The summed E-state index contributed by atoms with van der Waals surface area (Å²) in [4.78, 5) is 3.03. The summed E-state index contributed by atoms with van der Waals surface area (Å²) in [6.45, 7) is 1.55. The van der Waals surface area contributed by atoms with Gasteiger partial charge in [-0.2, -0.15) is 0 Å². The number of thiocarbonyl (C=S) groups is 1. The fourth-order valence-electron chi connectivity index (χ4n) is 2.67. The minimum Gasteiger partial charge on any atom is -0.354 e. The summed E-state index contributed by atoms with van der Waals surface area (Å²) in [6.07, 6.45) is 4.02. The van der Waals surface area contributed by atoms with Crippen LogP contribution < -0.4 is 0 Å². The molecular weight excluding hydrogens is 358 g/mol. The van der Waals surface area contributed by atoms with Crippen LogP contribution in [-0.2, 0) is 13.1 Å². The first-order valence-electron chi connectivity index (χ1n) is 8.51. The third-order valence-electron chi connectivity index (χ3n) is 4.03. The van der Waals surface area contributed by atoms with Crippen molar-refractivity contribution in [2.24, 2.45) is 0 Å². The summed E-state index contributed by atoms with van der Waals surface area (Å²) >= 11 is 11.7.